The fourth-order valence-electron chi connectivity index (χ4n) is 3.87. The lowest BCUT2D eigenvalue weighted by Crippen LogP contribution is -2.35. The number of nitrogens with two attached hydrogens (primary N) is 1. The van der Waals surface area contributed by atoms with E-state index in [0.717, 1.165) is 46.8 Å². The van der Waals surface area contributed by atoms with Gasteiger partial charge in [0, 0.05) is 12.1 Å². The minimum absolute atomic E-state index is 0.0927. The predicted molar refractivity (Wildman–Crippen MR) is 119 cm³/mol. The van der Waals surface area contributed by atoms with Crippen LogP contribution in [0.5, 0.6) is 5.75 Å². The Kier molecular flexibility index (Phi) is 6.28. The van der Waals surface area contributed by atoms with Crippen molar-refractivity contribution in [1.82, 2.24) is 0 Å². The Hall–Kier alpha value is -3.16. The summed E-state index contributed by atoms with van der Waals surface area (Å²) in [7, 11) is -8.47. The van der Waals surface area contributed by atoms with Crippen molar-refractivity contribution in [2.45, 2.75) is 29.0 Å². The first kappa shape index (κ1) is 24.9. The fraction of sp³-hybridized carbons (Fsp3) is 0.182. The molecular weight excluding hydrogens is 512 g/mol. The Bertz CT molecular complexity index is 1490. The highest BCUT2D eigenvalue weighted by Crippen LogP contribution is 2.38. The number of primary sulfonamides is 1. The van der Waals surface area contributed by atoms with Gasteiger partial charge in [-0.05, 0) is 72.5 Å². The molecule has 0 saturated heterocycles. The highest BCUT2D eigenvalue weighted by Gasteiger charge is 2.33. The van der Waals surface area contributed by atoms with Gasteiger partial charge in [-0.25, -0.2) is 26.4 Å². The van der Waals surface area contributed by atoms with Crippen LogP contribution >= 0.6 is 0 Å². The minimum atomic E-state index is -5.02. The van der Waals surface area contributed by atoms with Crippen LogP contribution in [0.4, 0.5) is 23.2 Å². The van der Waals surface area contributed by atoms with Gasteiger partial charge in [0.25, 0.3) is 10.0 Å². The number of fused-ring (bicyclic) bond motifs is 1. The Labute approximate surface area is 198 Å². The number of benzene rings is 3. The summed E-state index contributed by atoms with van der Waals surface area (Å²) in [6.45, 7) is 0.0927. The van der Waals surface area contributed by atoms with Crippen LogP contribution in [0.15, 0.2) is 70.5 Å². The molecule has 35 heavy (non-hydrogen) atoms. The summed E-state index contributed by atoms with van der Waals surface area (Å²) in [6.07, 6.45) is -4.01. The molecule has 0 saturated carbocycles. The van der Waals surface area contributed by atoms with E-state index in [1.165, 1.54) is 12.1 Å². The predicted octanol–water partition coefficient (Wildman–Crippen LogP) is 4.18. The Morgan fingerprint density at radius 1 is 0.914 bits per heavy atom. The first-order chi connectivity index (χ1) is 16.3. The van der Waals surface area contributed by atoms with E-state index in [4.69, 9.17) is 5.14 Å². The van der Waals surface area contributed by atoms with Crippen LogP contribution in [-0.2, 0) is 26.5 Å². The number of hydrogen-bond donors (Lipinski definition) is 1. The highest BCUT2D eigenvalue weighted by molar-refractivity contribution is 7.92. The number of aryl methyl sites for hydroxylation is 1. The number of sulfonamides is 2. The summed E-state index contributed by atoms with van der Waals surface area (Å²) in [6, 6.07) is 11.3. The molecular formula is C22H18F4N2O5S2. The van der Waals surface area contributed by atoms with Gasteiger partial charge in [-0.2, -0.15) is 0 Å². The summed E-state index contributed by atoms with van der Waals surface area (Å²) in [4.78, 5) is -0.612. The summed E-state index contributed by atoms with van der Waals surface area (Å²) < 4.78 is 107. The van der Waals surface area contributed by atoms with Crippen molar-refractivity contribution in [2.75, 3.05) is 10.8 Å². The van der Waals surface area contributed by atoms with Crippen LogP contribution in [-0.4, -0.2) is 29.7 Å². The second-order valence-corrected chi connectivity index (χ2v) is 11.1. The van der Waals surface area contributed by atoms with Gasteiger partial charge in [-0.3, -0.25) is 4.31 Å². The molecule has 0 amide bonds. The van der Waals surface area contributed by atoms with E-state index >= 15 is 0 Å². The van der Waals surface area contributed by atoms with E-state index in [1.807, 2.05) is 0 Å². The van der Waals surface area contributed by atoms with Crippen LogP contribution in [0.2, 0.25) is 0 Å². The smallest absolute Gasteiger partial charge is 0.406 e. The van der Waals surface area contributed by atoms with Crippen molar-refractivity contribution in [3.63, 3.8) is 0 Å². The topological polar surface area (TPSA) is 107 Å². The molecule has 0 aliphatic carbocycles. The number of anilines is 1. The molecule has 0 aromatic heterocycles. The zero-order valence-corrected chi connectivity index (χ0v) is 19.4. The molecule has 0 atom stereocenters. The summed E-state index contributed by atoms with van der Waals surface area (Å²) in [5.41, 5.74) is 0.773. The molecule has 4 rings (SSSR count). The average molecular weight is 531 g/mol. The van der Waals surface area contributed by atoms with Crippen molar-refractivity contribution in [1.29, 1.82) is 0 Å². The lowest BCUT2D eigenvalue weighted by molar-refractivity contribution is -0.274. The first-order valence-electron chi connectivity index (χ1n) is 10.1. The average Bonchev–Trinajstić information content (AvgIpc) is 2.76. The van der Waals surface area contributed by atoms with Gasteiger partial charge >= 0.3 is 6.36 Å². The van der Waals surface area contributed by atoms with Crippen molar-refractivity contribution < 1.29 is 39.1 Å². The van der Waals surface area contributed by atoms with Gasteiger partial charge in [-0.1, -0.05) is 12.1 Å². The monoisotopic (exact) mass is 530 g/mol. The summed E-state index contributed by atoms with van der Waals surface area (Å²) >= 11 is 0. The lowest BCUT2D eigenvalue weighted by atomic mass is 9.97. The molecule has 1 aliphatic rings. The summed E-state index contributed by atoms with van der Waals surface area (Å²) in [5, 5.41) is 5.27. The number of halogens is 4. The maximum atomic E-state index is 13.3. The minimum Gasteiger partial charge on any atom is -0.406 e. The van der Waals surface area contributed by atoms with Crippen molar-refractivity contribution >= 4 is 25.7 Å². The van der Waals surface area contributed by atoms with Crippen LogP contribution in [0.1, 0.15) is 12.0 Å². The first-order valence-corrected chi connectivity index (χ1v) is 13.1. The van der Waals surface area contributed by atoms with Gasteiger partial charge in [0.2, 0.25) is 10.0 Å². The second-order valence-electron chi connectivity index (χ2n) is 7.73. The van der Waals surface area contributed by atoms with Crippen molar-refractivity contribution in [2.24, 2.45) is 5.14 Å². The van der Waals surface area contributed by atoms with Gasteiger partial charge < -0.3 is 4.74 Å². The Morgan fingerprint density at radius 3 is 2.23 bits per heavy atom. The summed E-state index contributed by atoms with van der Waals surface area (Å²) in [5.74, 6) is -1.28. The zero-order chi connectivity index (χ0) is 25.6. The Balaban J connectivity index is 1.86. The molecule has 3 aromatic carbocycles. The second kappa shape index (κ2) is 8.81. The van der Waals surface area contributed by atoms with Crippen LogP contribution in [0, 0.1) is 5.82 Å². The molecule has 0 spiro atoms. The largest absolute Gasteiger partial charge is 0.573 e. The molecule has 3 aromatic rings. The fourth-order valence-corrected chi connectivity index (χ4v) is 6.15. The molecule has 0 radical (unpaired) electrons. The quantitative estimate of drug-likeness (QED) is 0.498. The van der Waals surface area contributed by atoms with Crippen molar-refractivity contribution in [3.05, 3.63) is 72.0 Å². The van der Waals surface area contributed by atoms with Gasteiger partial charge in [-0.15, -0.1) is 13.2 Å². The third-order valence-electron chi connectivity index (χ3n) is 5.37. The van der Waals surface area contributed by atoms with Gasteiger partial charge in [0.15, 0.2) is 0 Å². The standard InChI is InChI=1S/C22H18F4N2O5S2/c23-16-5-8-18(9-6-16)35(31,32)28-11-1-2-14-3-4-15(12-20(14)28)19-13-17(33-22(24,25)26)7-10-21(19)34(27,29)30/h3-10,12-13H,1-2,11H2,(H2,27,29,30). The molecule has 0 unspecified atom stereocenters. The number of ether oxygens (including phenoxy) is 1. The van der Waals surface area contributed by atoms with E-state index < -0.39 is 42.9 Å². The molecule has 7 nitrogen and oxygen atoms in total. The third-order valence-corrected chi connectivity index (χ3v) is 8.16. The molecule has 2 N–H and O–H groups in total. The number of alkyl halides is 3. The maximum Gasteiger partial charge on any atom is 0.573 e. The zero-order valence-electron chi connectivity index (χ0n) is 17.8. The van der Waals surface area contributed by atoms with E-state index in [2.05, 4.69) is 4.74 Å². The van der Waals surface area contributed by atoms with Crippen LogP contribution < -0.4 is 14.2 Å². The van der Waals surface area contributed by atoms with Crippen LogP contribution in [0.3, 0.4) is 0 Å². The number of nitrogens with zero attached hydrogens (tertiary/aromatic N) is 1. The van der Waals surface area contributed by atoms with E-state index in [0.29, 0.717) is 18.4 Å². The molecule has 13 heteroatoms. The maximum absolute atomic E-state index is 13.3. The normalized spacial score (nSPS) is 14.5. The number of rotatable bonds is 5. The molecule has 0 fully saturated rings. The molecule has 186 valence electrons. The molecule has 0 bridgehead atoms. The number of hydrogen-bond acceptors (Lipinski definition) is 5. The van der Waals surface area contributed by atoms with E-state index in [-0.39, 0.29) is 28.3 Å². The van der Waals surface area contributed by atoms with E-state index in [9.17, 15) is 34.4 Å². The van der Waals surface area contributed by atoms with Crippen molar-refractivity contribution in [3.8, 4) is 16.9 Å². The molecule has 1 heterocycles. The van der Waals surface area contributed by atoms with Crippen LogP contribution in [0.25, 0.3) is 11.1 Å². The van der Waals surface area contributed by atoms with E-state index in [1.54, 1.807) is 6.07 Å². The SMILES string of the molecule is NS(=O)(=O)c1ccc(OC(F)(F)F)cc1-c1ccc2c(c1)N(S(=O)(=O)c1ccc(F)cc1)CCC2. The van der Waals surface area contributed by atoms with Gasteiger partial charge in [0.1, 0.15) is 11.6 Å². The highest BCUT2D eigenvalue weighted by atomic mass is 32.2. The van der Waals surface area contributed by atoms with Gasteiger partial charge in [0.05, 0.1) is 15.5 Å². The Morgan fingerprint density at radius 2 is 1.60 bits per heavy atom. The molecule has 1 aliphatic heterocycles. The third kappa shape index (κ3) is 5.26. The lowest BCUT2D eigenvalue weighted by Gasteiger charge is -2.31.